The molecule has 0 fully saturated rings. The van der Waals surface area contributed by atoms with Crippen LogP contribution in [0.5, 0.6) is 0 Å². The van der Waals surface area contributed by atoms with Gasteiger partial charge in [-0.1, -0.05) is 0 Å². The van der Waals surface area contributed by atoms with Crippen LogP contribution in [0.4, 0.5) is 0 Å². The van der Waals surface area contributed by atoms with Gasteiger partial charge in [-0.3, -0.25) is 18.9 Å². The van der Waals surface area contributed by atoms with Gasteiger partial charge in [0.2, 0.25) is 0 Å². The third-order valence-electron chi connectivity index (χ3n) is 2.15. The molecule has 0 aliphatic carbocycles. The Bertz CT molecular complexity index is 388. The summed E-state index contributed by atoms with van der Waals surface area (Å²) in [5.74, 6) is -5.25. The van der Waals surface area contributed by atoms with Crippen molar-refractivity contribution >= 4 is 55.1 Å². The monoisotopic (exact) mass is 294 g/mol. The average molecular weight is 294 g/mol. The van der Waals surface area contributed by atoms with Crippen molar-refractivity contribution in [3.05, 3.63) is 0 Å². The molecular weight excluding hydrogens is 282 g/mol. The molecule has 1 unspecified atom stereocenters. The summed E-state index contributed by atoms with van der Waals surface area (Å²) in [7, 11) is -5.32. The second kappa shape index (κ2) is 7.22. The number of carboxylic acids is 3. The number of aliphatic carboxylic acids is 3. The Morgan fingerprint density at radius 3 is 1.67 bits per heavy atom. The van der Waals surface area contributed by atoms with E-state index in [0.717, 1.165) is 0 Å². The minimum atomic E-state index is -5.32. The van der Waals surface area contributed by atoms with Crippen molar-refractivity contribution in [2.75, 3.05) is 0 Å². The first kappa shape index (κ1) is 19.9. The van der Waals surface area contributed by atoms with E-state index in [0.29, 0.717) is 0 Å². The zero-order valence-electron chi connectivity index (χ0n) is 8.44. The molecule has 0 aliphatic rings. The zero-order valence-corrected chi connectivity index (χ0v) is 9.33. The molecule has 9 nitrogen and oxygen atoms in total. The number of hydrogen-bond donors (Lipinski definition) is 5. The van der Waals surface area contributed by atoms with E-state index in [4.69, 9.17) is 25.1 Å². The zero-order chi connectivity index (χ0) is 13.9. The van der Waals surface area contributed by atoms with Crippen LogP contribution in [0.25, 0.3) is 0 Å². The van der Waals surface area contributed by atoms with Gasteiger partial charge < -0.3 is 25.1 Å². The van der Waals surface area contributed by atoms with Crippen LogP contribution in [0.15, 0.2) is 0 Å². The topological polar surface area (TPSA) is 169 Å². The van der Waals surface area contributed by atoms with E-state index in [1.165, 1.54) is 0 Å². The molecule has 0 heterocycles. The second-order valence-electron chi connectivity index (χ2n) is 3.35. The minimum absolute atomic E-state index is 0. The summed E-state index contributed by atoms with van der Waals surface area (Å²) in [5, 5.41) is 22.7. The fourth-order valence-electron chi connectivity index (χ4n) is 1.21. The Balaban J connectivity index is 0. The van der Waals surface area contributed by atoms with E-state index in [1.54, 1.807) is 0 Å². The fraction of sp³-hybridized carbons (Fsp3) is 0.571. The van der Waals surface area contributed by atoms with E-state index in [-0.39, 0.29) is 29.6 Å². The van der Waals surface area contributed by atoms with Crippen molar-refractivity contribution in [3.63, 3.8) is 0 Å². The predicted molar refractivity (Wildman–Crippen MR) is 58.7 cm³/mol. The molecule has 1 atom stereocenters. The SMILES string of the molecule is O=C(O)CCC(CC(=O)O)(C(=O)O)P(=O)(O)O.[NaH]. The third kappa shape index (κ3) is 5.05. The van der Waals surface area contributed by atoms with Crippen molar-refractivity contribution in [1.29, 1.82) is 0 Å². The van der Waals surface area contributed by atoms with Crippen molar-refractivity contribution in [2.45, 2.75) is 24.4 Å². The molecule has 0 spiro atoms. The molecule has 0 aromatic rings. The fourth-order valence-corrected chi connectivity index (χ4v) is 2.20. The summed E-state index contributed by atoms with van der Waals surface area (Å²) < 4.78 is 11.1. The van der Waals surface area contributed by atoms with Crippen molar-refractivity contribution < 1.29 is 44.1 Å². The van der Waals surface area contributed by atoms with Gasteiger partial charge in [0.05, 0.1) is 6.42 Å². The molecule has 0 aliphatic heterocycles. The number of carboxylic acid groups (broad SMARTS) is 3. The standard InChI is InChI=1S/C7H11O9P.Na.H/c8-4(9)1-2-7(6(12)13,3-5(10)11)17(14,15)16;;/h1-3H2,(H,8,9)(H,10,11)(H,12,13)(H2,14,15,16);;. The first-order valence-electron chi connectivity index (χ1n) is 4.25. The van der Waals surface area contributed by atoms with Crippen LogP contribution < -0.4 is 0 Å². The van der Waals surface area contributed by atoms with Gasteiger partial charge >= 0.3 is 55.1 Å². The molecule has 0 aromatic heterocycles. The van der Waals surface area contributed by atoms with E-state index in [2.05, 4.69) is 0 Å². The van der Waals surface area contributed by atoms with Crippen molar-refractivity contribution in [3.8, 4) is 0 Å². The Morgan fingerprint density at radius 2 is 1.44 bits per heavy atom. The average Bonchev–Trinajstić information content (AvgIpc) is 2.08. The first-order valence-corrected chi connectivity index (χ1v) is 5.87. The van der Waals surface area contributed by atoms with E-state index >= 15 is 0 Å². The van der Waals surface area contributed by atoms with Crippen molar-refractivity contribution in [2.24, 2.45) is 0 Å². The normalized spacial score (nSPS) is 14.1. The van der Waals surface area contributed by atoms with Crippen LogP contribution in [0.1, 0.15) is 19.3 Å². The molecule has 0 aromatic carbocycles. The molecule has 0 amide bonds. The molecule has 0 saturated carbocycles. The molecule has 0 bridgehead atoms. The van der Waals surface area contributed by atoms with Gasteiger partial charge in [-0.25, -0.2) is 0 Å². The van der Waals surface area contributed by atoms with Crippen LogP contribution in [0, 0.1) is 0 Å². The van der Waals surface area contributed by atoms with Crippen molar-refractivity contribution in [1.82, 2.24) is 0 Å². The van der Waals surface area contributed by atoms with Gasteiger partial charge in [-0.2, -0.15) is 0 Å². The molecule has 5 N–H and O–H groups in total. The molecule has 0 rings (SSSR count). The molecule has 18 heavy (non-hydrogen) atoms. The molecule has 11 heteroatoms. The van der Waals surface area contributed by atoms with E-state index in [9.17, 15) is 18.9 Å². The Labute approximate surface area is 123 Å². The molecule has 100 valence electrons. The van der Waals surface area contributed by atoms with Gasteiger partial charge in [-0.15, -0.1) is 0 Å². The van der Waals surface area contributed by atoms with Crippen LogP contribution in [0.3, 0.4) is 0 Å². The van der Waals surface area contributed by atoms with Gasteiger partial charge in [0.1, 0.15) is 0 Å². The quantitative estimate of drug-likeness (QED) is 0.282. The van der Waals surface area contributed by atoms with E-state index < -0.39 is 49.9 Å². The maximum absolute atomic E-state index is 11.1. The Kier molecular flexibility index (Phi) is 7.98. The van der Waals surface area contributed by atoms with E-state index in [1.807, 2.05) is 0 Å². The number of rotatable bonds is 7. The summed E-state index contributed by atoms with van der Waals surface area (Å²) in [6.45, 7) is 0. The predicted octanol–water partition coefficient (Wildman–Crippen LogP) is -1.32. The van der Waals surface area contributed by atoms with Crippen LogP contribution in [-0.4, -0.2) is 77.7 Å². The molecule has 0 saturated heterocycles. The maximum atomic E-state index is 11.1. The second-order valence-corrected chi connectivity index (χ2v) is 5.29. The third-order valence-corrected chi connectivity index (χ3v) is 3.84. The summed E-state index contributed by atoms with van der Waals surface area (Å²) in [4.78, 5) is 49.5. The molecule has 0 radical (unpaired) electrons. The Hall–Kier alpha value is -0.440. The molecular formula is C7H12NaO9P. The van der Waals surface area contributed by atoms with Gasteiger partial charge in [0.25, 0.3) is 0 Å². The summed E-state index contributed by atoms with van der Waals surface area (Å²) in [6.07, 6.45) is -3.17. The van der Waals surface area contributed by atoms with Crippen LogP contribution in [-0.2, 0) is 18.9 Å². The summed E-state index contributed by atoms with van der Waals surface area (Å²) in [6, 6.07) is 0. The van der Waals surface area contributed by atoms with Crippen LogP contribution >= 0.6 is 7.60 Å². The number of hydrogen-bond acceptors (Lipinski definition) is 4. The van der Waals surface area contributed by atoms with Gasteiger partial charge in [0, 0.05) is 6.42 Å². The van der Waals surface area contributed by atoms with Crippen LogP contribution in [0.2, 0.25) is 0 Å². The number of carbonyl (C=O) groups is 3. The summed E-state index contributed by atoms with van der Waals surface area (Å²) in [5.41, 5.74) is 0. The summed E-state index contributed by atoms with van der Waals surface area (Å²) >= 11 is 0. The first-order chi connectivity index (χ1) is 7.53. The van der Waals surface area contributed by atoms with Gasteiger partial charge in [-0.05, 0) is 6.42 Å². The van der Waals surface area contributed by atoms with Gasteiger partial charge in [0.15, 0.2) is 5.16 Å². The Morgan fingerprint density at radius 1 is 1.00 bits per heavy atom.